The highest BCUT2D eigenvalue weighted by Gasteiger charge is 2.28. The molecule has 1 N–H and O–H groups in total. The van der Waals surface area contributed by atoms with E-state index in [0.29, 0.717) is 22.1 Å². The largest absolute Gasteiger partial charge is 0.478 e. The van der Waals surface area contributed by atoms with Gasteiger partial charge in [-0.2, -0.15) is 0 Å². The molecule has 1 aromatic rings. The van der Waals surface area contributed by atoms with Gasteiger partial charge in [0.15, 0.2) is 0 Å². The summed E-state index contributed by atoms with van der Waals surface area (Å²) in [4.78, 5) is 17.6. The molecular formula is C13H17BrN2O2. The molecule has 5 heteroatoms. The highest BCUT2D eigenvalue weighted by molar-refractivity contribution is 9.10. The van der Waals surface area contributed by atoms with Crippen LogP contribution in [-0.4, -0.2) is 29.1 Å². The van der Waals surface area contributed by atoms with Gasteiger partial charge in [0.05, 0.1) is 0 Å². The second-order valence-electron chi connectivity index (χ2n) is 5.07. The van der Waals surface area contributed by atoms with Gasteiger partial charge in [-0.05, 0) is 40.3 Å². The Morgan fingerprint density at radius 2 is 2.33 bits per heavy atom. The average molecular weight is 313 g/mol. The summed E-state index contributed by atoms with van der Waals surface area (Å²) in [6.45, 7) is 6.20. The monoisotopic (exact) mass is 312 g/mol. The lowest BCUT2D eigenvalue weighted by atomic mass is 9.95. The first kappa shape index (κ1) is 13.3. The maximum atomic E-state index is 11.3. The molecule has 0 bridgehead atoms. The first-order valence-corrected chi connectivity index (χ1v) is 6.92. The van der Waals surface area contributed by atoms with Crippen LogP contribution < -0.4 is 4.90 Å². The van der Waals surface area contributed by atoms with Crippen LogP contribution in [0.2, 0.25) is 0 Å². The van der Waals surface area contributed by atoms with E-state index in [9.17, 15) is 9.90 Å². The number of hydrogen-bond donors (Lipinski definition) is 1. The predicted octanol–water partition coefficient (Wildman–Crippen LogP) is 3.02. The highest BCUT2D eigenvalue weighted by atomic mass is 79.9. The number of aromatic nitrogens is 1. The van der Waals surface area contributed by atoms with Crippen molar-refractivity contribution >= 4 is 27.7 Å². The minimum Gasteiger partial charge on any atom is -0.478 e. The Kier molecular flexibility index (Phi) is 3.90. The number of carbonyl (C=O) groups is 1. The minimum absolute atomic E-state index is 0.272. The Hall–Kier alpha value is -1.10. The molecule has 1 fully saturated rings. The van der Waals surface area contributed by atoms with Gasteiger partial charge in [0.2, 0.25) is 0 Å². The van der Waals surface area contributed by atoms with E-state index in [1.807, 2.05) is 0 Å². The van der Waals surface area contributed by atoms with Crippen molar-refractivity contribution in [2.45, 2.75) is 20.3 Å². The molecule has 1 saturated heterocycles. The lowest BCUT2D eigenvalue weighted by Gasteiger charge is -2.20. The topological polar surface area (TPSA) is 53.4 Å². The maximum Gasteiger partial charge on any atom is 0.339 e. The van der Waals surface area contributed by atoms with Crippen molar-refractivity contribution in [3.8, 4) is 0 Å². The molecule has 4 nitrogen and oxygen atoms in total. The standard InChI is InChI=1S/C13H17BrN2O2/c1-8(2)9-3-4-16(7-9)12-11(13(17)18)5-10(14)6-15-12/h5-6,8-9H,3-4,7H2,1-2H3,(H,17,18). The van der Waals surface area contributed by atoms with Gasteiger partial charge in [-0.1, -0.05) is 13.8 Å². The molecule has 98 valence electrons. The molecule has 1 aromatic heterocycles. The van der Waals surface area contributed by atoms with Gasteiger partial charge >= 0.3 is 5.97 Å². The van der Waals surface area contributed by atoms with Crippen molar-refractivity contribution in [3.63, 3.8) is 0 Å². The van der Waals surface area contributed by atoms with Crippen LogP contribution in [0.1, 0.15) is 30.6 Å². The molecule has 1 unspecified atom stereocenters. The zero-order chi connectivity index (χ0) is 13.3. The molecular weight excluding hydrogens is 296 g/mol. The van der Waals surface area contributed by atoms with Gasteiger partial charge in [0, 0.05) is 23.8 Å². The summed E-state index contributed by atoms with van der Waals surface area (Å²) < 4.78 is 0.697. The van der Waals surface area contributed by atoms with E-state index in [0.717, 1.165) is 19.5 Å². The summed E-state index contributed by atoms with van der Waals surface area (Å²) in [6, 6.07) is 1.62. The number of halogens is 1. The molecule has 0 radical (unpaired) electrons. The summed E-state index contributed by atoms with van der Waals surface area (Å²) in [5.74, 6) is 0.913. The van der Waals surface area contributed by atoms with E-state index < -0.39 is 5.97 Å². The van der Waals surface area contributed by atoms with Crippen LogP contribution in [0.15, 0.2) is 16.7 Å². The molecule has 2 heterocycles. The summed E-state index contributed by atoms with van der Waals surface area (Å²) in [5.41, 5.74) is 0.272. The second-order valence-corrected chi connectivity index (χ2v) is 5.98. The van der Waals surface area contributed by atoms with Gasteiger partial charge in [-0.25, -0.2) is 9.78 Å². The third kappa shape index (κ3) is 2.66. The quantitative estimate of drug-likeness (QED) is 0.932. The zero-order valence-electron chi connectivity index (χ0n) is 10.6. The van der Waals surface area contributed by atoms with Crippen LogP contribution in [0.4, 0.5) is 5.82 Å². The van der Waals surface area contributed by atoms with Gasteiger partial charge in [0.25, 0.3) is 0 Å². The van der Waals surface area contributed by atoms with Gasteiger partial charge in [-0.3, -0.25) is 0 Å². The summed E-state index contributed by atoms with van der Waals surface area (Å²) >= 11 is 3.26. The number of aromatic carboxylic acids is 1. The molecule has 0 amide bonds. The molecule has 0 aliphatic carbocycles. The minimum atomic E-state index is -0.924. The molecule has 1 atom stereocenters. The van der Waals surface area contributed by atoms with Crippen molar-refractivity contribution in [1.82, 2.24) is 4.98 Å². The van der Waals surface area contributed by atoms with Gasteiger partial charge in [0.1, 0.15) is 11.4 Å². The third-order valence-corrected chi connectivity index (χ3v) is 3.96. The molecule has 2 rings (SSSR count). The SMILES string of the molecule is CC(C)C1CCN(c2ncc(Br)cc2C(=O)O)C1. The lowest BCUT2D eigenvalue weighted by molar-refractivity contribution is 0.0697. The van der Waals surface area contributed by atoms with Crippen molar-refractivity contribution in [1.29, 1.82) is 0 Å². The summed E-state index contributed by atoms with van der Waals surface area (Å²) in [7, 11) is 0. The van der Waals surface area contributed by atoms with E-state index in [4.69, 9.17) is 0 Å². The van der Waals surface area contributed by atoms with E-state index >= 15 is 0 Å². The third-order valence-electron chi connectivity index (χ3n) is 3.53. The van der Waals surface area contributed by atoms with Gasteiger partial charge < -0.3 is 10.0 Å². The van der Waals surface area contributed by atoms with E-state index in [1.54, 1.807) is 12.3 Å². The normalized spacial score (nSPS) is 19.6. The number of pyridine rings is 1. The first-order valence-electron chi connectivity index (χ1n) is 6.13. The molecule has 1 aliphatic rings. The second kappa shape index (κ2) is 5.26. The van der Waals surface area contributed by atoms with Crippen LogP contribution in [0.3, 0.4) is 0 Å². The summed E-state index contributed by atoms with van der Waals surface area (Å²) in [5, 5.41) is 9.24. The van der Waals surface area contributed by atoms with E-state index in [2.05, 4.69) is 39.7 Å². The van der Waals surface area contributed by atoms with E-state index in [1.165, 1.54) is 0 Å². The van der Waals surface area contributed by atoms with Crippen molar-refractivity contribution in [3.05, 3.63) is 22.3 Å². The highest BCUT2D eigenvalue weighted by Crippen LogP contribution is 2.30. The smallest absolute Gasteiger partial charge is 0.339 e. The fourth-order valence-electron chi connectivity index (χ4n) is 2.37. The molecule has 1 aliphatic heterocycles. The number of carboxylic acid groups (broad SMARTS) is 1. The van der Waals surface area contributed by atoms with E-state index in [-0.39, 0.29) is 5.56 Å². The summed E-state index contributed by atoms with van der Waals surface area (Å²) in [6.07, 6.45) is 2.76. The van der Waals surface area contributed by atoms with Crippen LogP contribution in [0.25, 0.3) is 0 Å². The Morgan fingerprint density at radius 1 is 1.61 bits per heavy atom. The van der Waals surface area contributed by atoms with Gasteiger partial charge in [-0.15, -0.1) is 0 Å². The van der Waals surface area contributed by atoms with Crippen molar-refractivity contribution in [2.75, 3.05) is 18.0 Å². The average Bonchev–Trinajstić information content (AvgIpc) is 2.78. The Balaban J connectivity index is 2.27. The van der Waals surface area contributed by atoms with Crippen LogP contribution in [0, 0.1) is 11.8 Å². The number of rotatable bonds is 3. The zero-order valence-corrected chi connectivity index (χ0v) is 12.1. The Morgan fingerprint density at radius 3 is 2.89 bits per heavy atom. The fourth-order valence-corrected chi connectivity index (χ4v) is 2.70. The fraction of sp³-hybridized carbons (Fsp3) is 0.538. The lowest BCUT2D eigenvalue weighted by Crippen LogP contribution is -2.24. The molecule has 0 saturated carbocycles. The maximum absolute atomic E-state index is 11.3. The van der Waals surface area contributed by atoms with Crippen molar-refractivity contribution < 1.29 is 9.90 Å². The number of anilines is 1. The Bertz CT molecular complexity index is 462. The van der Waals surface area contributed by atoms with Crippen LogP contribution in [0.5, 0.6) is 0 Å². The van der Waals surface area contributed by atoms with Crippen LogP contribution >= 0.6 is 15.9 Å². The number of nitrogens with zero attached hydrogens (tertiary/aromatic N) is 2. The molecule has 0 spiro atoms. The predicted molar refractivity (Wildman–Crippen MR) is 74.1 cm³/mol. The number of hydrogen-bond acceptors (Lipinski definition) is 3. The number of carboxylic acids is 1. The first-order chi connectivity index (χ1) is 8.49. The Labute approximate surface area is 115 Å². The molecule has 0 aromatic carbocycles. The van der Waals surface area contributed by atoms with Crippen molar-refractivity contribution in [2.24, 2.45) is 11.8 Å². The molecule has 18 heavy (non-hydrogen) atoms. The van der Waals surface area contributed by atoms with Crippen LogP contribution in [-0.2, 0) is 0 Å².